The lowest BCUT2D eigenvalue weighted by Gasteiger charge is -2.27. The maximum absolute atomic E-state index is 15.4. The van der Waals surface area contributed by atoms with Gasteiger partial charge in [0.05, 0.1) is 46.6 Å². The highest BCUT2D eigenvalue weighted by atomic mass is 19.1. The predicted molar refractivity (Wildman–Crippen MR) is 149 cm³/mol. The van der Waals surface area contributed by atoms with Gasteiger partial charge in [-0.3, -0.25) is 0 Å². The van der Waals surface area contributed by atoms with Gasteiger partial charge in [-0.2, -0.15) is 5.26 Å². The number of imidazole rings is 1. The van der Waals surface area contributed by atoms with E-state index in [2.05, 4.69) is 11.1 Å². The molecule has 6 rings (SSSR count). The number of carbonyl (C=O) groups is 1. The van der Waals surface area contributed by atoms with E-state index < -0.39 is 11.8 Å². The Hall–Kier alpha value is -5.07. The van der Waals surface area contributed by atoms with Gasteiger partial charge < -0.3 is 19.1 Å². The summed E-state index contributed by atoms with van der Waals surface area (Å²) < 4.78 is 28.8. The van der Waals surface area contributed by atoms with Crippen LogP contribution in [0.3, 0.4) is 0 Å². The molecule has 8 nitrogen and oxygen atoms in total. The van der Waals surface area contributed by atoms with Crippen molar-refractivity contribution in [3.8, 4) is 23.2 Å². The smallest absolute Gasteiger partial charge is 0.335 e. The maximum Gasteiger partial charge on any atom is 0.335 e. The second-order valence-electron chi connectivity index (χ2n) is 9.88. The molecule has 0 spiro atoms. The van der Waals surface area contributed by atoms with Crippen molar-refractivity contribution in [3.63, 3.8) is 0 Å². The predicted octanol–water partition coefficient (Wildman–Crippen LogP) is 5.77. The van der Waals surface area contributed by atoms with E-state index in [1.807, 2.05) is 22.8 Å². The van der Waals surface area contributed by atoms with Crippen LogP contribution in [0, 0.1) is 17.1 Å². The standard InChI is InChI=1S/C32H25FN4O4/c33-26-14-22(15-30-35-28-11-9-23(32(38)39)16-29(28)37(30)18-24-12-13-40-24)8-10-25(26)27-2-1-3-31(36-27)41-19-21-6-4-20(17-34)5-7-21/h1-11,14,16,24H,12-13,15,18-19H2,(H,38,39). The lowest BCUT2D eigenvalue weighted by atomic mass is 10.1. The summed E-state index contributed by atoms with van der Waals surface area (Å²) in [4.78, 5) is 20.8. The summed E-state index contributed by atoms with van der Waals surface area (Å²) in [6.45, 7) is 1.52. The molecule has 0 radical (unpaired) electrons. The minimum absolute atomic E-state index is 0.0382. The number of nitrogens with zero attached hydrogens (tertiary/aromatic N) is 4. The molecular weight excluding hydrogens is 523 g/mol. The number of carboxylic acids is 1. The van der Waals surface area contributed by atoms with Gasteiger partial charge >= 0.3 is 5.97 Å². The van der Waals surface area contributed by atoms with E-state index in [0.717, 1.165) is 23.1 Å². The molecule has 2 aromatic heterocycles. The van der Waals surface area contributed by atoms with Crippen LogP contribution in [0.25, 0.3) is 22.3 Å². The fraction of sp³-hybridized carbons (Fsp3) is 0.188. The van der Waals surface area contributed by atoms with Gasteiger partial charge in [-0.1, -0.05) is 24.3 Å². The number of pyridine rings is 1. The molecule has 3 aromatic carbocycles. The number of benzene rings is 3. The van der Waals surface area contributed by atoms with Crippen molar-refractivity contribution >= 4 is 17.0 Å². The van der Waals surface area contributed by atoms with Gasteiger partial charge in [-0.15, -0.1) is 0 Å². The lowest BCUT2D eigenvalue weighted by Crippen LogP contribution is -2.31. The van der Waals surface area contributed by atoms with Gasteiger partial charge in [-0.25, -0.2) is 19.2 Å². The molecule has 0 saturated carbocycles. The van der Waals surface area contributed by atoms with Crippen LogP contribution in [0.15, 0.2) is 78.9 Å². The molecule has 1 aliphatic heterocycles. The molecule has 1 fully saturated rings. The Morgan fingerprint density at radius 3 is 2.59 bits per heavy atom. The van der Waals surface area contributed by atoms with E-state index in [9.17, 15) is 9.90 Å². The van der Waals surface area contributed by atoms with Crippen molar-refractivity contribution in [1.82, 2.24) is 14.5 Å². The summed E-state index contributed by atoms with van der Waals surface area (Å²) in [6, 6.07) is 24.3. The Morgan fingerprint density at radius 2 is 1.88 bits per heavy atom. The average Bonchev–Trinajstić information content (AvgIpc) is 3.30. The largest absolute Gasteiger partial charge is 0.478 e. The molecule has 3 heterocycles. The van der Waals surface area contributed by atoms with Gasteiger partial charge in [0.15, 0.2) is 0 Å². The molecule has 41 heavy (non-hydrogen) atoms. The Bertz CT molecular complexity index is 1790. The van der Waals surface area contributed by atoms with Crippen molar-refractivity contribution in [1.29, 1.82) is 5.26 Å². The SMILES string of the molecule is N#Cc1ccc(COc2cccc(-c3ccc(Cc4nc5ccc(C(=O)O)cc5n4CC4CCO4)cc3F)n2)cc1. The van der Waals surface area contributed by atoms with Crippen LogP contribution in [0.4, 0.5) is 4.39 Å². The van der Waals surface area contributed by atoms with Crippen LogP contribution in [0.2, 0.25) is 0 Å². The topological polar surface area (TPSA) is 110 Å². The number of fused-ring (bicyclic) bond motifs is 1. The highest BCUT2D eigenvalue weighted by Gasteiger charge is 2.23. The Balaban J connectivity index is 1.22. The summed E-state index contributed by atoms with van der Waals surface area (Å²) >= 11 is 0. The Labute approximate surface area is 235 Å². The van der Waals surface area contributed by atoms with Crippen LogP contribution in [-0.2, 0) is 24.3 Å². The molecular formula is C32H25FN4O4. The molecule has 1 N–H and O–H groups in total. The van der Waals surface area contributed by atoms with Crippen LogP contribution >= 0.6 is 0 Å². The van der Waals surface area contributed by atoms with E-state index in [1.165, 1.54) is 12.1 Å². The van der Waals surface area contributed by atoms with Crippen LogP contribution < -0.4 is 4.74 Å². The first-order chi connectivity index (χ1) is 20.0. The molecule has 0 aliphatic carbocycles. The van der Waals surface area contributed by atoms with E-state index in [4.69, 9.17) is 19.7 Å². The van der Waals surface area contributed by atoms with E-state index in [1.54, 1.807) is 48.5 Å². The number of carboxylic acid groups (broad SMARTS) is 1. The number of halogens is 1. The molecule has 5 aromatic rings. The first-order valence-electron chi connectivity index (χ1n) is 13.2. The number of aromatic carboxylic acids is 1. The third-order valence-corrected chi connectivity index (χ3v) is 7.12. The minimum atomic E-state index is -1.00. The number of aromatic nitrogens is 3. The van der Waals surface area contributed by atoms with Gasteiger partial charge in [0.1, 0.15) is 18.2 Å². The number of rotatable bonds is 9. The first kappa shape index (κ1) is 26.2. The summed E-state index contributed by atoms with van der Waals surface area (Å²) in [5, 5.41) is 18.4. The number of hydrogen-bond acceptors (Lipinski definition) is 6. The van der Waals surface area contributed by atoms with Crippen LogP contribution in [0.5, 0.6) is 5.88 Å². The van der Waals surface area contributed by atoms with E-state index in [0.29, 0.717) is 53.6 Å². The summed E-state index contributed by atoms with van der Waals surface area (Å²) in [6.07, 6.45) is 1.32. The fourth-order valence-electron chi connectivity index (χ4n) is 4.81. The summed E-state index contributed by atoms with van der Waals surface area (Å²) in [5.41, 5.74) is 4.57. The van der Waals surface area contributed by atoms with Crippen molar-refractivity contribution in [2.75, 3.05) is 6.61 Å². The van der Waals surface area contributed by atoms with Crippen molar-refractivity contribution in [3.05, 3.63) is 113 Å². The summed E-state index contributed by atoms with van der Waals surface area (Å²) in [7, 11) is 0. The van der Waals surface area contributed by atoms with Crippen molar-refractivity contribution in [2.45, 2.75) is 32.1 Å². The monoisotopic (exact) mass is 548 g/mol. The molecule has 0 amide bonds. The molecule has 1 aliphatic rings. The van der Waals surface area contributed by atoms with Gasteiger partial charge in [0.25, 0.3) is 0 Å². The number of nitriles is 1. The second-order valence-corrected chi connectivity index (χ2v) is 9.88. The van der Waals surface area contributed by atoms with Crippen molar-refractivity contribution < 1.29 is 23.8 Å². The van der Waals surface area contributed by atoms with Gasteiger partial charge in [-0.05, 0) is 66.1 Å². The second kappa shape index (κ2) is 11.2. The average molecular weight is 549 g/mol. The zero-order valence-electron chi connectivity index (χ0n) is 22.0. The normalized spacial score (nSPS) is 14.4. The van der Waals surface area contributed by atoms with E-state index in [-0.39, 0.29) is 18.3 Å². The maximum atomic E-state index is 15.4. The molecule has 1 saturated heterocycles. The zero-order valence-corrected chi connectivity index (χ0v) is 22.0. The minimum Gasteiger partial charge on any atom is -0.478 e. The third kappa shape index (κ3) is 5.64. The van der Waals surface area contributed by atoms with Crippen LogP contribution in [-0.4, -0.2) is 38.3 Å². The van der Waals surface area contributed by atoms with Gasteiger partial charge in [0.2, 0.25) is 5.88 Å². The first-order valence-corrected chi connectivity index (χ1v) is 13.2. The number of ether oxygens (including phenoxy) is 2. The highest BCUT2D eigenvalue weighted by molar-refractivity contribution is 5.92. The molecule has 204 valence electrons. The fourth-order valence-corrected chi connectivity index (χ4v) is 4.81. The van der Waals surface area contributed by atoms with E-state index >= 15 is 4.39 Å². The van der Waals surface area contributed by atoms with Crippen molar-refractivity contribution in [2.24, 2.45) is 0 Å². The lowest BCUT2D eigenvalue weighted by molar-refractivity contribution is -0.0589. The summed E-state index contributed by atoms with van der Waals surface area (Å²) in [5.74, 6) is -0.349. The Kier molecular flexibility index (Phi) is 7.15. The van der Waals surface area contributed by atoms with Crippen LogP contribution in [0.1, 0.15) is 39.3 Å². The zero-order chi connectivity index (χ0) is 28.3. The van der Waals surface area contributed by atoms with Gasteiger partial charge in [0, 0.05) is 24.7 Å². The third-order valence-electron chi connectivity index (χ3n) is 7.12. The number of hydrogen-bond donors (Lipinski definition) is 1. The molecule has 0 bridgehead atoms. The quantitative estimate of drug-likeness (QED) is 0.249. The Morgan fingerprint density at radius 1 is 1.07 bits per heavy atom. The highest BCUT2D eigenvalue weighted by Crippen LogP contribution is 2.27. The molecule has 9 heteroatoms. The molecule has 1 unspecified atom stereocenters. The molecule has 1 atom stereocenters.